The zero-order valence-corrected chi connectivity index (χ0v) is 6.62. The van der Waals surface area contributed by atoms with Gasteiger partial charge in [0.1, 0.15) is 5.83 Å². The quantitative estimate of drug-likeness (QED) is 0.475. The molecule has 0 heterocycles. The summed E-state index contributed by atoms with van der Waals surface area (Å²) < 4.78 is 12.5. The summed E-state index contributed by atoms with van der Waals surface area (Å²) in [5, 5.41) is 0.481. The third kappa shape index (κ3) is 2.61. The smallest absolute Gasteiger partial charge is 0.126 e. The van der Waals surface area contributed by atoms with Gasteiger partial charge in [-0.3, -0.25) is 0 Å². The molecule has 0 rings (SSSR count). The van der Waals surface area contributed by atoms with Crippen LogP contribution < -0.4 is 0 Å². The van der Waals surface area contributed by atoms with Gasteiger partial charge in [0.25, 0.3) is 0 Å². The number of halogens is 2. The van der Waals surface area contributed by atoms with Crippen LogP contribution in [-0.4, -0.2) is 5.33 Å². The van der Waals surface area contributed by atoms with Gasteiger partial charge in [0.05, 0.1) is 0 Å². The molecule has 0 aliphatic rings. The molecule has 2 heteroatoms. The fraction of sp³-hybridized carbons (Fsp3) is 0.143. The van der Waals surface area contributed by atoms with Crippen LogP contribution in [0, 0.1) is 0 Å². The van der Waals surface area contributed by atoms with Crippen LogP contribution in [0.5, 0.6) is 0 Å². The molecule has 0 atom stereocenters. The first-order chi connectivity index (χ1) is 4.26. The molecule has 0 bridgehead atoms. The molecule has 0 spiro atoms. The fourth-order valence-corrected chi connectivity index (χ4v) is 0.844. The monoisotopic (exact) mass is 190 g/mol. The predicted molar refractivity (Wildman–Crippen MR) is 42.3 cm³/mol. The van der Waals surface area contributed by atoms with Crippen molar-refractivity contribution in [2.45, 2.75) is 0 Å². The summed E-state index contributed by atoms with van der Waals surface area (Å²) >= 11 is 3.10. The second-order valence-electron chi connectivity index (χ2n) is 1.42. The Morgan fingerprint density at radius 1 is 1.44 bits per heavy atom. The summed E-state index contributed by atoms with van der Waals surface area (Å²) in [4.78, 5) is 0. The average molecular weight is 191 g/mol. The molecule has 0 radical (unpaired) electrons. The highest BCUT2D eigenvalue weighted by atomic mass is 79.9. The molecule has 0 N–H and O–H groups in total. The Bertz CT molecular complexity index is 147. The molecule has 9 heavy (non-hydrogen) atoms. The van der Waals surface area contributed by atoms with Crippen LogP contribution in [0.4, 0.5) is 4.39 Å². The number of rotatable bonds is 3. The van der Waals surface area contributed by atoms with Crippen LogP contribution in [-0.2, 0) is 0 Å². The van der Waals surface area contributed by atoms with Gasteiger partial charge in [-0.25, -0.2) is 4.39 Å². The second-order valence-corrected chi connectivity index (χ2v) is 1.98. The summed E-state index contributed by atoms with van der Waals surface area (Å²) in [6, 6.07) is 0. The fourth-order valence-electron chi connectivity index (χ4n) is 0.347. The summed E-state index contributed by atoms with van der Waals surface area (Å²) in [5.41, 5.74) is 0.532. The lowest BCUT2D eigenvalue weighted by Crippen LogP contribution is -1.80. The van der Waals surface area contributed by atoms with Gasteiger partial charge in [0.2, 0.25) is 0 Å². The van der Waals surface area contributed by atoms with Crippen molar-refractivity contribution in [1.82, 2.24) is 0 Å². The molecular weight excluding hydrogens is 183 g/mol. The minimum Gasteiger partial charge on any atom is -0.207 e. The van der Waals surface area contributed by atoms with Gasteiger partial charge in [-0.2, -0.15) is 0 Å². The van der Waals surface area contributed by atoms with Crippen LogP contribution in [0.2, 0.25) is 0 Å². The van der Waals surface area contributed by atoms with Gasteiger partial charge >= 0.3 is 0 Å². The lowest BCUT2D eigenvalue weighted by molar-refractivity contribution is 0.659. The van der Waals surface area contributed by atoms with Gasteiger partial charge in [-0.1, -0.05) is 35.2 Å². The molecule has 0 nitrogen and oxygen atoms in total. The molecule has 0 amide bonds. The van der Waals surface area contributed by atoms with E-state index in [-0.39, 0.29) is 5.83 Å². The first-order valence-corrected chi connectivity index (χ1v) is 3.58. The highest BCUT2D eigenvalue weighted by Crippen LogP contribution is 2.10. The molecule has 0 saturated heterocycles. The van der Waals surface area contributed by atoms with E-state index in [2.05, 4.69) is 29.1 Å². The summed E-state index contributed by atoms with van der Waals surface area (Å²) in [7, 11) is 0. The van der Waals surface area contributed by atoms with Crippen molar-refractivity contribution in [3.8, 4) is 0 Å². The molecular formula is C7H8BrF. The van der Waals surface area contributed by atoms with Crippen molar-refractivity contribution < 1.29 is 4.39 Å². The van der Waals surface area contributed by atoms with Crippen LogP contribution in [0.15, 0.2) is 36.7 Å². The van der Waals surface area contributed by atoms with Gasteiger partial charge in [0.15, 0.2) is 0 Å². The van der Waals surface area contributed by atoms with E-state index in [0.29, 0.717) is 10.9 Å². The molecule has 0 aromatic rings. The molecule has 0 saturated carbocycles. The van der Waals surface area contributed by atoms with E-state index in [0.717, 1.165) is 6.08 Å². The molecule has 50 valence electrons. The van der Waals surface area contributed by atoms with Crippen molar-refractivity contribution >= 4 is 15.9 Å². The molecule has 0 aromatic heterocycles. The summed E-state index contributed by atoms with van der Waals surface area (Å²) in [5.74, 6) is -0.318. The van der Waals surface area contributed by atoms with E-state index < -0.39 is 0 Å². The van der Waals surface area contributed by atoms with E-state index in [1.165, 1.54) is 6.08 Å². The third-order valence-corrected chi connectivity index (χ3v) is 1.48. The van der Waals surface area contributed by atoms with E-state index in [4.69, 9.17) is 0 Å². The summed E-state index contributed by atoms with van der Waals surface area (Å²) in [6.07, 6.45) is 2.63. The van der Waals surface area contributed by atoms with E-state index in [1.54, 1.807) is 0 Å². The largest absolute Gasteiger partial charge is 0.207 e. The van der Waals surface area contributed by atoms with Gasteiger partial charge in [-0.15, -0.1) is 0 Å². The van der Waals surface area contributed by atoms with Crippen LogP contribution in [0.25, 0.3) is 0 Å². The molecule has 0 unspecified atom stereocenters. The topological polar surface area (TPSA) is 0 Å². The Kier molecular flexibility index (Phi) is 4.32. The zero-order chi connectivity index (χ0) is 7.28. The Labute approximate surface area is 62.9 Å². The second kappa shape index (κ2) is 4.50. The normalized spacial score (nSPS) is 12.2. The molecule has 0 fully saturated rings. The van der Waals surface area contributed by atoms with Gasteiger partial charge in [-0.05, 0) is 11.6 Å². The molecule has 0 aliphatic carbocycles. The lowest BCUT2D eigenvalue weighted by Gasteiger charge is -1.92. The average Bonchev–Trinajstić information content (AvgIpc) is 1.90. The Hall–Kier alpha value is -0.370. The standard InChI is InChI=1S/C7H8BrF/c1-3-6(5-8)7(9)4-2/h3-4H,1-2,5H2. The lowest BCUT2D eigenvalue weighted by atomic mass is 10.2. The predicted octanol–water partition coefficient (Wildman–Crippen LogP) is 2.98. The summed E-state index contributed by atoms with van der Waals surface area (Å²) in [6.45, 7) is 6.70. The van der Waals surface area contributed by atoms with E-state index in [1.807, 2.05) is 0 Å². The van der Waals surface area contributed by atoms with Crippen molar-refractivity contribution in [1.29, 1.82) is 0 Å². The van der Waals surface area contributed by atoms with Crippen molar-refractivity contribution in [3.63, 3.8) is 0 Å². The maximum absolute atomic E-state index is 12.5. The van der Waals surface area contributed by atoms with Gasteiger partial charge < -0.3 is 0 Å². The van der Waals surface area contributed by atoms with Crippen molar-refractivity contribution in [2.24, 2.45) is 0 Å². The number of alkyl halides is 1. The molecule has 0 aliphatic heterocycles. The first-order valence-electron chi connectivity index (χ1n) is 2.45. The number of allylic oxidation sites excluding steroid dienone is 4. The van der Waals surface area contributed by atoms with Crippen LogP contribution in [0.3, 0.4) is 0 Å². The Morgan fingerprint density at radius 3 is 2.11 bits per heavy atom. The van der Waals surface area contributed by atoms with E-state index >= 15 is 0 Å². The number of hydrogen-bond donors (Lipinski definition) is 0. The number of hydrogen-bond acceptors (Lipinski definition) is 0. The van der Waals surface area contributed by atoms with Crippen LogP contribution >= 0.6 is 15.9 Å². The SMILES string of the molecule is C=CC(F)=C(C=C)CBr. The Morgan fingerprint density at radius 2 is 2.00 bits per heavy atom. The third-order valence-electron chi connectivity index (χ3n) is 0.876. The van der Waals surface area contributed by atoms with Gasteiger partial charge in [0, 0.05) is 5.33 Å². The maximum atomic E-state index is 12.5. The van der Waals surface area contributed by atoms with Crippen molar-refractivity contribution in [2.75, 3.05) is 5.33 Å². The minimum atomic E-state index is -0.318. The van der Waals surface area contributed by atoms with E-state index in [9.17, 15) is 4.39 Å². The highest BCUT2D eigenvalue weighted by molar-refractivity contribution is 9.09. The van der Waals surface area contributed by atoms with Crippen molar-refractivity contribution in [3.05, 3.63) is 36.7 Å². The Balaban J connectivity index is 4.36. The maximum Gasteiger partial charge on any atom is 0.126 e. The minimum absolute atomic E-state index is 0.318. The highest BCUT2D eigenvalue weighted by Gasteiger charge is 1.94. The van der Waals surface area contributed by atoms with Crippen LogP contribution in [0.1, 0.15) is 0 Å². The zero-order valence-electron chi connectivity index (χ0n) is 5.03. The molecule has 0 aromatic carbocycles. The first kappa shape index (κ1) is 8.63.